The third kappa shape index (κ3) is 2.50. The van der Waals surface area contributed by atoms with Crippen LogP contribution in [0, 0.1) is 5.82 Å². The maximum absolute atomic E-state index is 13.4. The van der Waals surface area contributed by atoms with E-state index in [-0.39, 0.29) is 5.82 Å². The molecule has 0 aliphatic rings. The summed E-state index contributed by atoms with van der Waals surface area (Å²) in [5.74, 6) is 1.59. The molecule has 3 aromatic rings. The van der Waals surface area contributed by atoms with Gasteiger partial charge in [-0.05, 0) is 24.3 Å². The van der Waals surface area contributed by atoms with Crippen LogP contribution in [0.4, 0.5) is 10.2 Å². The fraction of sp³-hybridized carbons (Fsp3) is 0.125. The summed E-state index contributed by atoms with van der Waals surface area (Å²) in [5, 5.41) is 3.81. The molecule has 0 aliphatic heterocycles. The van der Waals surface area contributed by atoms with Gasteiger partial charge in [0.2, 0.25) is 0 Å². The predicted molar refractivity (Wildman–Crippen MR) is 81.0 cm³/mol. The van der Waals surface area contributed by atoms with Gasteiger partial charge in [-0.15, -0.1) is 0 Å². The van der Waals surface area contributed by atoms with Crippen molar-refractivity contribution in [1.82, 2.24) is 9.97 Å². The first-order chi connectivity index (χ1) is 10.2. The average molecular weight is 283 g/mol. The zero-order chi connectivity index (χ0) is 14.8. The number of benzene rings is 2. The molecule has 0 atom stereocenters. The molecule has 0 fully saturated rings. The van der Waals surface area contributed by atoms with Gasteiger partial charge in [0.1, 0.15) is 17.4 Å². The van der Waals surface area contributed by atoms with Crippen molar-refractivity contribution < 1.29 is 9.13 Å². The Morgan fingerprint density at radius 1 is 1.10 bits per heavy atom. The summed E-state index contributed by atoms with van der Waals surface area (Å²) >= 11 is 0. The van der Waals surface area contributed by atoms with E-state index in [2.05, 4.69) is 15.3 Å². The molecule has 3 rings (SSSR count). The molecule has 5 heteroatoms. The lowest BCUT2D eigenvalue weighted by atomic mass is 10.1. The molecule has 0 spiro atoms. The minimum Gasteiger partial charge on any atom is -0.497 e. The molecule has 0 unspecified atom stereocenters. The quantitative estimate of drug-likeness (QED) is 0.799. The second-order valence-corrected chi connectivity index (χ2v) is 4.54. The van der Waals surface area contributed by atoms with E-state index in [1.165, 1.54) is 12.1 Å². The first-order valence-electron chi connectivity index (χ1n) is 6.51. The van der Waals surface area contributed by atoms with Crippen LogP contribution in [0.5, 0.6) is 5.75 Å². The largest absolute Gasteiger partial charge is 0.497 e. The minimum atomic E-state index is -0.320. The second kappa shape index (κ2) is 5.36. The molecular formula is C16H14FN3O. The number of hydrogen-bond donors (Lipinski definition) is 1. The van der Waals surface area contributed by atoms with Crippen molar-refractivity contribution in [3.05, 3.63) is 48.3 Å². The van der Waals surface area contributed by atoms with E-state index < -0.39 is 0 Å². The maximum Gasteiger partial charge on any atom is 0.162 e. The maximum atomic E-state index is 13.4. The van der Waals surface area contributed by atoms with Crippen molar-refractivity contribution in [2.24, 2.45) is 0 Å². The second-order valence-electron chi connectivity index (χ2n) is 4.54. The standard InChI is InChI=1S/C16H14FN3O/c1-18-16-13-7-6-11(17)9-14(13)19-15(20-16)10-4-3-5-12(8-10)21-2/h3-9H,1-2H3,(H,18,19,20). The Morgan fingerprint density at radius 2 is 1.95 bits per heavy atom. The van der Waals surface area contributed by atoms with Crippen LogP contribution in [-0.4, -0.2) is 24.1 Å². The fourth-order valence-electron chi connectivity index (χ4n) is 2.18. The van der Waals surface area contributed by atoms with Gasteiger partial charge in [-0.25, -0.2) is 14.4 Å². The van der Waals surface area contributed by atoms with Crippen molar-refractivity contribution in [2.45, 2.75) is 0 Å². The van der Waals surface area contributed by atoms with Crippen molar-refractivity contribution >= 4 is 16.7 Å². The van der Waals surface area contributed by atoms with Crippen LogP contribution in [0.2, 0.25) is 0 Å². The third-order valence-corrected chi connectivity index (χ3v) is 3.22. The molecule has 106 valence electrons. The summed E-state index contributed by atoms with van der Waals surface area (Å²) in [5.41, 5.74) is 1.38. The number of fused-ring (bicyclic) bond motifs is 1. The van der Waals surface area contributed by atoms with Gasteiger partial charge in [-0.1, -0.05) is 12.1 Å². The zero-order valence-electron chi connectivity index (χ0n) is 11.7. The van der Waals surface area contributed by atoms with Crippen LogP contribution in [0.25, 0.3) is 22.3 Å². The highest BCUT2D eigenvalue weighted by molar-refractivity contribution is 5.90. The highest BCUT2D eigenvalue weighted by atomic mass is 19.1. The van der Waals surface area contributed by atoms with E-state index in [9.17, 15) is 4.39 Å². The number of anilines is 1. The van der Waals surface area contributed by atoms with Crippen LogP contribution < -0.4 is 10.1 Å². The Labute approximate surface area is 121 Å². The van der Waals surface area contributed by atoms with Gasteiger partial charge in [0, 0.05) is 24.1 Å². The van der Waals surface area contributed by atoms with E-state index in [4.69, 9.17) is 4.74 Å². The summed E-state index contributed by atoms with van der Waals surface area (Å²) in [6.07, 6.45) is 0. The van der Waals surface area contributed by atoms with Crippen molar-refractivity contribution in [1.29, 1.82) is 0 Å². The van der Waals surface area contributed by atoms with Gasteiger partial charge in [-0.3, -0.25) is 0 Å². The summed E-state index contributed by atoms with van der Waals surface area (Å²) in [6.45, 7) is 0. The van der Waals surface area contributed by atoms with Crippen LogP contribution in [0.3, 0.4) is 0 Å². The Kier molecular flexibility index (Phi) is 3.39. The van der Waals surface area contributed by atoms with E-state index in [0.29, 0.717) is 17.2 Å². The third-order valence-electron chi connectivity index (χ3n) is 3.22. The van der Waals surface area contributed by atoms with Gasteiger partial charge < -0.3 is 10.1 Å². The monoisotopic (exact) mass is 283 g/mol. The van der Waals surface area contributed by atoms with Crippen molar-refractivity contribution in [3.63, 3.8) is 0 Å². The number of halogens is 1. The zero-order valence-corrected chi connectivity index (χ0v) is 11.7. The molecule has 1 aromatic heterocycles. The molecular weight excluding hydrogens is 269 g/mol. The lowest BCUT2D eigenvalue weighted by Crippen LogP contribution is -1.99. The van der Waals surface area contributed by atoms with E-state index in [0.717, 1.165) is 16.7 Å². The highest BCUT2D eigenvalue weighted by Crippen LogP contribution is 2.27. The van der Waals surface area contributed by atoms with E-state index in [1.807, 2.05) is 24.3 Å². The smallest absolute Gasteiger partial charge is 0.162 e. The summed E-state index contributed by atoms with van der Waals surface area (Å²) in [6, 6.07) is 11.9. The number of nitrogens with zero attached hydrogens (tertiary/aromatic N) is 2. The molecule has 0 saturated carbocycles. The van der Waals surface area contributed by atoms with Crippen molar-refractivity contribution in [2.75, 3.05) is 19.5 Å². The van der Waals surface area contributed by atoms with E-state index in [1.54, 1.807) is 20.2 Å². The molecule has 0 amide bonds. The van der Waals surface area contributed by atoms with Gasteiger partial charge >= 0.3 is 0 Å². The van der Waals surface area contributed by atoms with Crippen LogP contribution in [0.15, 0.2) is 42.5 Å². The first-order valence-corrected chi connectivity index (χ1v) is 6.51. The van der Waals surface area contributed by atoms with Crippen LogP contribution >= 0.6 is 0 Å². The summed E-state index contributed by atoms with van der Waals surface area (Å²) < 4.78 is 18.6. The van der Waals surface area contributed by atoms with Crippen LogP contribution in [0.1, 0.15) is 0 Å². The number of methoxy groups -OCH3 is 1. The topological polar surface area (TPSA) is 47.0 Å². The molecule has 0 radical (unpaired) electrons. The number of nitrogens with one attached hydrogen (secondary N) is 1. The lowest BCUT2D eigenvalue weighted by Gasteiger charge is -2.09. The molecule has 0 bridgehead atoms. The summed E-state index contributed by atoms with van der Waals surface area (Å²) in [7, 11) is 3.38. The Hall–Kier alpha value is -2.69. The predicted octanol–water partition coefficient (Wildman–Crippen LogP) is 3.49. The lowest BCUT2D eigenvalue weighted by molar-refractivity contribution is 0.415. The fourth-order valence-corrected chi connectivity index (χ4v) is 2.18. The SMILES string of the molecule is CNc1nc(-c2cccc(OC)c2)nc2cc(F)ccc12. The normalized spacial score (nSPS) is 10.6. The minimum absolute atomic E-state index is 0.320. The number of hydrogen-bond acceptors (Lipinski definition) is 4. The molecule has 0 saturated heterocycles. The molecule has 1 N–H and O–H groups in total. The van der Waals surface area contributed by atoms with Crippen LogP contribution in [-0.2, 0) is 0 Å². The molecule has 4 nitrogen and oxygen atoms in total. The van der Waals surface area contributed by atoms with Crippen molar-refractivity contribution in [3.8, 4) is 17.1 Å². The van der Waals surface area contributed by atoms with Gasteiger partial charge in [-0.2, -0.15) is 0 Å². The average Bonchev–Trinajstić information content (AvgIpc) is 2.53. The Balaban J connectivity index is 2.22. The number of ether oxygens (including phenoxy) is 1. The Bertz CT molecular complexity index is 805. The molecule has 2 aromatic carbocycles. The first kappa shape index (κ1) is 13.3. The van der Waals surface area contributed by atoms with Gasteiger partial charge in [0.25, 0.3) is 0 Å². The highest BCUT2D eigenvalue weighted by Gasteiger charge is 2.10. The summed E-state index contributed by atoms with van der Waals surface area (Å²) in [4.78, 5) is 8.94. The molecule has 21 heavy (non-hydrogen) atoms. The Morgan fingerprint density at radius 3 is 2.71 bits per heavy atom. The number of rotatable bonds is 3. The molecule has 1 heterocycles. The van der Waals surface area contributed by atoms with Gasteiger partial charge in [0.15, 0.2) is 5.82 Å². The molecule has 0 aliphatic carbocycles. The van der Waals surface area contributed by atoms with Gasteiger partial charge in [0.05, 0.1) is 12.6 Å². The van der Waals surface area contributed by atoms with E-state index >= 15 is 0 Å². The number of aromatic nitrogens is 2.